The molecule has 8 N–H and O–H groups in total. The number of benzene rings is 2. The molecule has 14 heteroatoms. The number of aliphatic hydroxyl groups is 5. The smallest absolute Gasteiger partial charge is 0.239 e. The molecule has 3 heterocycles. The second kappa shape index (κ2) is 12.9. The number of rotatable bonds is 7. The SMILES string of the molecule is CC(C)=CCc1c(O)cc(O)c2c(=O)c(OC3OC(C)C(O)C(O)C3OC3OCC(O)C(O)C3O)c(-c3ccc(O)cc3)oc12. The highest BCUT2D eigenvalue weighted by atomic mass is 16.8. The molecule has 2 aromatic carbocycles. The summed E-state index contributed by atoms with van der Waals surface area (Å²) in [7, 11) is 0. The Hall–Kier alpha value is -3.73. The maximum absolute atomic E-state index is 14.1. The molecular weight excluding hydrogens is 596 g/mol. The minimum atomic E-state index is -1.76. The van der Waals surface area contributed by atoms with Gasteiger partial charge in [0.05, 0.1) is 12.7 Å². The first-order valence-electron chi connectivity index (χ1n) is 14.2. The van der Waals surface area contributed by atoms with E-state index in [4.69, 9.17) is 23.4 Å². The van der Waals surface area contributed by atoms with Crippen LogP contribution in [0.2, 0.25) is 0 Å². The zero-order valence-electron chi connectivity index (χ0n) is 24.6. The van der Waals surface area contributed by atoms with E-state index in [2.05, 4.69) is 0 Å². The molecule has 0 spiro atoms. The van der Waals surface area contributed by atoms with Gasteiger partial charge in [0.2, 0.25) is 17.5 Å². The van der Waals surface area contributed by atoms with Crippen LogP contribution in [0.4, 0.5) is 0 Å². The average molecular weight is 633 g/mol. The van der Waals surface area contributed by atoms with Crippen molar-refractivity contribution >= 4 is 11.0 Å². The van der Waals surface area contributed by atoms with Crippen molar-refractivity contribution in [1.82, 2.24) is 0 Å². The van der Waals surface area contributed by atoms with E-state index in [1.165, 1.54) is 31.2 Å². The zero-order chi connectivity index (χ0) is 32.7. The molecule has 14 nitrogen and oxygen atoms in total. The van der Waals surface area contributed by atoms with Gasteiger partial charge in [-0.1, -0.05) is 11.6 Å². The number of ether oxygens (including phenoxy) is 4. The first kappa shape index (κ1) is 32.7. The van der Waals surface area contributed by atoms with Crippen LogP contribution in [0.3, 0.4) is 0 Å². The fourth-order valence-electron chi connectivity index (χ4n) is 5.19. The van der Waals surface area contributed by atoms with Crippen molar-refractivity contribution in [2.75, 3.05) is 6.61 Å². The Kier molecular flexibility index (Phi) is 9.39. The van der Waals surface area contributed by atoms with Gasteiger partial charge in [-0.15, -0.1) is 0 Å². The number of phenols is 3. The quantitative estimate of drug-likeness (QED) is 0.168. The Labute approximate surface area is 256 Å². The number of aliphatic hydroxyl groups excluding tert-OH is 5. The summed E-state index contributed by atoms with van der Waals surface area (Å²) in [6.45, 7) is 4.70. The molecule has 244 valence electrons. The molecular formula is C31H36O14. The van der Waals surface area contributed by atoms with Crippen molar-refractivity contribution in [3.63, 3.8) is 0 Å². The average Bonchev–Trinajstić information content (AvgIpc) is 2.98. The topological polar surface area (TPSA) is 229 Å². The Morgan fingerprint density at radius 3 is 2.29 bits per heavy atom. The van der Waals surface area contributed by atoms with Crippen LogP contribution in [0.5, 0.6) is 23.0 Å². The summed E-state index contributed by atoms with van der Waals surface area (Å²) >= 11 is 0. The molecule has 2 saturated heterocycles. The van der Waals surface area contributed by atoms with Crippen LogP contribution in [0, 0.1) is 0 Å². The molecule has 9 unspecified atom stereocenters. The van der Waals surface area contributed by atoms with Crippen molar-refractivity contribution in [3.8, 4) is 34.3 Å². The van der Waals surface area contributed by atoms with Crippen LogP contribution in [0.25, 0.3) is 22.3 Å². The molecule has 2 fully saturated rings. The number of hydrogen-bond acceptors (Lipinski definition) is 14. The summed E-state index contributed by atoms with van der Waals surface area (Å²) in [5, 5.41) is 82.9. The monoisotopic (exact) mass is 632 g/mol. The minimum absolute atomic E-state index is 0.0859. The fraction of sp³-hybridized carbons (Fsp3) is 0.452. The lowest BCUT2D eigenvalue weighted by molar-refractivity contribution is -0.341. The van der Waals surface area contributed by atoms with E-state index in [0.717, 1.165) is 11.6 Å². The van der Waals surface area contributed by atoms with Crippen molar-refractivity contribution < 1.29 is 64.2 Å². The van der Waals surface area contributed by atoms with Gasteiger partial charge in [0.25, 0.3) is 0 Å². The molecule has 3 aromatic rings. The summed E-state index contributed by atoms with van der Waals surface area (Å²) in [6.07, 6.45) is -12.1. The fourth-order valence-corrected chi connectivity index (χ4v) is 5.19. The van der Waals surface area contributed by atoms with Crippen molar-refractivity contribution in [1.29, 1.82) is 0 Å². The lowest BCUT2D eigenvalue weighted by Crippen LogP contribution is -2.62. The predicted molar refractivity (Wildman–Crippen MR) is 156 cm³/mol. The summed E-state index contributed by atoms with van der Waals surface area (Å²) in [5.74, 6) is -1.72. The maximum Gasteiger partial charge on any atom is 0.239 e. The second-order valence-corrected chi connectivity index (χ2v) is 11.4. The Morgan fingerprint density at radius 2 is 1.62 bits per heavy atom. The van der Waals surface area contributed by atoms with Crippen LogP contribution >= 0.6 is 0 Å². The van der Waals surface area contributed by atoms with E-state index < -0.39 is 78.8 Å². The van der Waals surface area contributed by atoms with Crippen molar-refractivity contribution in [3.05, 3.63) is 57.8 Å². The number of allylic oxidation sites excluding steroid dienone is 2. The largest absolute Gasteiger partial charge is 0.508 e. The van der Waals surface area contributed by atoms with Gasteiger partial charge < -0.3 is 64.2 Å². The Morgan fingerprint density at radius 1 is 0.933 bits per heavy atom. The molecule has 0 amide bonds. The van der Waals surface area contributed by atoms with Gasteiger partial charge in [0.15, 0.2) is 18.2 Å². The molecule has 0 radical (unpaired) electrons. The van der Waals surface area contributed by atoms with Gasteiger partial charge in [-0.2, -0.15) is 0 Å². The normalized spacial score (nSPS) is 30.3. The standard InChI is InChI=1S/C31H36O14/c1-12(2)4-9-16-17(33)10-18(34)20-23(38)28(26(43-27(16)20)14-5-7-15(32)8-6-14)44-31-29(24(39)21(36)13(3)42-31)45-30-25(40)22(37)19(35)11-41-30/h4-8,10,13,19,21-22,24-25,29-37,39-40H,9,11H2,1-3H3. The lowest BCUT2D eigenvalue weighted by atomic mass is 9.99. The van der Waals surface area contributed by atoms with E-state index in [9.17, 15) is 45.6 Å². The van der Waals surface area contributed by atoms with Gasteiger partial charge in [-0.05, 0) is 51.5 Å². The van der Waals surface area contributed by atoms with Crippen molar-refractivity contribution in [2.45, 2.75) is 82.5 Å². The summed E-state index contributed by atoms with van der Waals surface area (Å²) in [6, 6.07) is 6.53. The van der Waals surface area contributed by atoms with E-state index >= 15 is 0 Å². The first-order chi connectivity index (χ1) is 21.3. The van der Waals surface area contributed by atoms with Crippen molar-refractivity contribution in [2.24, 2.45) is 0 Å². The molecule has 2 aliphatic heterocycles. The van der Waals surface area contributed by atoms with Gasteiger partial charge in [0, 0.05) is 17.2 Å². The van der Waals surface area contributed by atoms with Gasteiger partial charge in [-0.3, -0.25) is 4.79 Å². The molecule has 0 aliphatic carbocycles. The van der Waals surface area contributed by atoms with Crippen LogP contribution in [0.15, 0.2) is 51.2 Å². The third-order valence-corrected chi connectivity index (χ3v) is 7.79. The molecule has 45 heavy (non-hydrogen) atoms. The highest BCUT2D eigenvalue weighted by molar-refractivity contribution is 5.91. The van der Waals surface area contributed by atoms with Gasteiger partial charge >= 0.3 is 0 Å². The Bertz CT molecular complexity index is 1610. The van der Waals surface area contributed by atoms with Crippen LogP contribution in [0.1, 0.15) is 26.3 Å². The summed E-state index contributed by atoms with van der Waals surface area (Å²) < 4.78 is 29.0. The van der Waals surface area contributed by atoms with Gasteiger partial charge in [-0.25, -0.2) is 0 Å². The molecule has 2 aliphatic rings. The molecule has 5 rings (SSSR count). The minimum Gasteiger partial charge on any atom is -0.508 e. The second-order valence-electron chi connectivity index (χ2n) is 11.4. The highest BCUT2D eigenvalue weighted by Gasteiger charge is 2.49. The molecule has 0 bridgehead atoms. The Balaban J connectivity index is 1.65. The summed E-state index contributed by atoms with van der Waals surface area (Å²) in [5.41, 5.74) is 0.347. The van der Waals surface area contributed by atoms with Crippen LogP contribution in [-0.2, 0) is 20.6 Å². The predicted octanol–water partition coefficient (Wildman–Crippen LogP) is 0.755. The number of aromatic hydroxyl groups is 3. The number of fused-ring (bicyclic) bond motifs is 1. The third-order valence-electron chi connectivity index (χ3n) is 7.79. The lowest BCUT2D eigenvalue weighted by Gasteiger charge is -2.44. The van der Waals surface area contributed by atoms with Crippen LogP contribution in [-0.4, -0.2) is 103 Å². The highest BCUT2D eigenvalue weighted by Crippen LogP contribution is 2.40. The number of phenolic OH excluding ortho intramolecular Hbond substituents is 3. The van der Waals surface area contributed by atoms with E-state index in [-0.39, 0.29) is 45.8 Å². The molecule has 0 saturated carbocycles. The van der Waals surface area contributed by atoms with E-state index in [1.807, 2.05) is 13.8 Å². The summed E-state index contributed by atoms with van der Waals surface area (Å²) in [4.78, 5) is 14.1. The molecule has 9 atom stereocenters. The number of hydrogen-bond donors (Lipinski definition) is 8. The third kappa shape index (κ3) is 6.36. The molecule has 1 aromatic heterocycles. The van der Waals surface area contributed by atoms with E-state index in [1.54, 1.807) is 6.08 Å². The first-order valence-corrected chi connectivity index (χ1v) is 14.2. The zero-order valence-corrected chi connectivity index (χ0v) is 24.6. The van der Waals surface area contributed by atoms with E-state index in [0.29, 0.717) is 0 Å². The van der Waals surface area contributed by atoms with Gasteiger partial charge in [0.1, 0.15) is 58.7 Å². The maximum atomic E-state index is 14.1. The van der Waals surface area contributed by atoms with Crippen LogP contribution < -0.4 is 10.2 Å².